The molecule has 1 aromatic heterocycles. The van der Waals surface area contributed by atoms with Gasteiger partial charge in [-0.15, -0.1) is 0 Å². The zero-order chi connectivity index (χ0) is 13.0. The number of nitrogens with two attached hydrogens (primary N) is 1. The Morgan fingerprint density at radius 3 is 2.67 bits per heavy atom. The fourth-order valence-corrected chi connectivity index (χ4v) is 1.74. The second kappa shape index (κ2) is 5.60. The van der Waals surface area contributed by atoms with Crippen molar-refractivity contribution < 1.29 is 9.13 Å². The maximum atomic E-state index is 12.8. The van der Waals surface area contributed by atoms with Crippen LogP contribution in [0.2, 0.25) is 0 Å². The number of halogens is 1. The number of benzene rings is 1. The van der Waals surface area contributed by atoms with Crippen molar-refractivity contribution in [1.82, 2.24) is 4.98 Å². The van der Waals surface area contributed by atoms with E-state index < -0.39 is 0 Å². The van der Waals surface area contributed by atoms with Gasteiger partial charge in [-0.2, -0.15) is 0 Å². The van der Waals surface area contributed by atoms with Gasteiger partial charge in [0.2, 0.25) is 0 Å². The third kappa shape index (κ3) is 3.05. The number of nitrogens with zero attached hydrogens (tertiary/aromatic N) is 1. The number of hydrogen-bond donors (Lipinski definition) is 1. The summed E-state index contributed by atoms with van der Waals surface area (Å²) in [5.74, 6) is 0.442. The summed E-state index contributed by atoms with van der Waals surface area (Å²) in [7, 11) is 1.59. The van der Waals surface area contributed by atoms with Crippen molar-refractivity contribution in [3.05, 3.63) is 59.7 Å². The zero-order valence-corrected chi connectivity index (χ0v) is 10.1. The van der Waals surface area contributed by atoms with Crippen molar-refractivity contribution in [2.24, 2.45) is 5.73 Å². The van der Waals surface area contributed by atoms with Crippen LogP contribution >= 0.6 is 0 Å². The first-order valence-corrected chi connectivity index (χ1v) is 5.68. The first kappa shape index (κ1) is 12.5. The molecule has 2 rings (SSSR count). The van der Waals surface area contributed by atoms with Crippen LogP contribution in [0.15, 0.2) is 42.7 Å². The van der Waals surface area contributed by atoms with E-state index in [0.717, 1.165) is 11.1 Å². The van der Waals surface area contributed by atoms with Gasteiger partial charge in [0.1, 0.15) is 11.6 Å². The van der Waals surface area contributed by atoms with Crippen molar-refractivity contribution in [1.29, 1.82) is 0 Å². The molecule has 18 heavy (non-hydrogen) atoms. The number of ether oxygens (including phenoxy) is 1. The van der Waals surface area contributed by atoms with Gasteiger partial charge in [0, 0.05) is 12.2 Å². The molecule has 0 aliphatic heterocycles. The summed E-state index contributed by atoms with van der Waals surface area (Å²) in [6.45, 7) is 0. The molecule has 0 saturated heterocycles. The Morgan fingerprint density at radius 2 is 2.00 bits per heavy atom. The molecule has 0 aliphatic rings. The summed E-state index contributed by atoms with van der Waals surface area (Å²) in [5.41, 5.74) is 7.99. The summed E-state index contributed by atoms with van der Waals surface area (Å²) in [4.78, 5) is 4.07. The average molecular weight is 246 g/mol. The molecule has 1 atom stereocenters. The lowest BCUT2D eigenvalue weighted by Crippen LogP contribution is -2.13. The molecule has 1 heterocycles. The fraction of sp³-hybridized carbons (Fsp3) is 0.214. The average Bonchev–Trinajstić information content (AvgIpc) is 2.41. The molecule has 0 saturated carbocycles. The van der Waals surface area contributed by atoms with E-state index in [2.05, 4.69) is 4.98 Å². The van der Waals surface area contributed by atoms with E-state index in [1.165, 1.54) is 12.1 Å². The van der Waals surface area contributed by atoms with Crippen molar-refractivity contribution in [3.8, 4) is 5.75 Å². The molecule has 0 bridgehead atoms. The molecular formula is C14H15FN2O. The van der Waals surface area contributed by atoms with Gasteiger partial charge < -0.3 is 10.5 Å². The molecule has 0 spiro atoms. The van der Waals surface area contributed by atoms with Crippen LogP contribution in [0.1, 0.15) is 17.2 Å². The molecule has 0 fully saturated rings. The Hall–Kier alpha value is -1.94. The Labute approximate surface area is 105 Å². The first-order chi connectivity index (χ1) is 8.69. The zero-order valence-electron chi connectivity index (χ0n) is 10.1. The van der Waals surface area contributed by atoms with Crippen molar-refractivity contribution >= 4 is 0 Å². The number of hydrogen-bond acceptors (Lipinski definition) is 3. The van der Waals surface area contributed by atoms with Gasteiger partial charge in [0.05, 0.1) is 13.3 Å². The molecule has 2 aromatic rings. The van der Waals surface area contributed by atoms with Gasteiger partial charge >= 0.3 is 0 Å². The second-order valence-corrected chi connectivity index (χ2v) is 4.10. The molecule has 0 radical (unpaired) electrons. The third-order valence-corrected chi connectivity index (χ3v) is 2.77. The molecule has 3 nitrogen and oxygen atoms in total. The van der Waals surface area contributed by atoms with Crippen molar-refractivity contribution in [3.63, 3.8) is 0 Å². The minimum absolute atomic E-state index is 0.182. The maximum Gasteiger partial charge on any atom is 0.137 e. The molecule has 94 valence electrons. The van der Waals surface area contributed by atoms with Gasteiger partial charge in [-0.05, 0) is 35.7 Å². The highest BCUT2D eigenvalue weighted by atomic mass is 19.1. The third-order valence-electron chi connectivity index (χ3n) is 2.77. The quantitative estimate of drug-likeness (QED) is 0.901. The minimum atomic E-state index is -0.240. The van der Waals surface area contributed by atoms with Crippen molar-refractivity contribution in [2.75, 3.05) is 7.11 Å². The van der Waals surface area contributed by atoms with E-state index in [4.69, 9.17) is 10.5 Å². The molecular weight excluding hydrogens is 231 g/mol. The van der Waals surface area contributed by atoms with Crippen molar-refractivity contribution in [2.45, 2.75) is 12.5 Å². The molecule has 1 unspecified atom stereocenters. The van der Waals surface area contributed by atoms with E-state index in [1.807, 2.05) is 6.07 Å². The van der Waals surface area contributed by atoms with Gasteiger partial charge in [0.25, 0.3) is 0 Å². The highest BCUT2D eigenvalue weighted by molar-refractivity contribution is 5.27. The number of aromatic nitrogens is 1. The number of methoxy groups -OCH3 is 1. The molecule has 2 N–H and O–H groups in total. The van der Waals surface area contributed by atoms with E-state index in [9.17, 15) is 4.39 Å². The van der Waals surface area contributed by atoms with E-state index in [-0.39, 0.29) is 11.9 Å². The highest BCUT2D eigenvalue weighted by Crippen LogP contribution is 2.19. The standard InChI is InChI=1S/C14H15FN2O/c1-18-13-7-11(8-17-9-13)14(16)6-10-2-4-12(15)5-3-10/h2-5,7-9,14H,6,16H2,1H3. The van der Waals surface area contributed by atoms with E-state index in [0.29, 0.717) is 12.2 Å². The van der Waals surface area contributed by atoms with Gasteiger partial charge in [-0.25, -0.2) is 4.39 Å². The lowest BCUT2D eigenvalue weighted by molar-refractivity contribution is 0.411. The topological polar surface area (TPSA) is 48.1 Å². The van der Waals surface area contributed by atoms with Crippen LogP contribution in [-0.4, -0.2) is 12.1 Å². The van der Waals surface area contributed by atoms with E-state index in [1.54, 1.807) is 31.6 Å². The molecule has 1 aromatic carbocycles. The Kier molecular flexibility index (Phi) is 3.89. The monoisotopic (exact) mass is 246 g/mol. The van der Waals surface area contributed by atoms with Gasteiger partial charge in [0.15, 0.2) is 0 Å². The van der Waals surface area contributed by atoms with Crippen LogP contribution in [-0.2, 0) is 6.42 Å². The number of rotatable bonds is 4. The lowest BCUT2D eigenvalue weighted by Gasteiger charge is -2.12. The highest BCUT2D eigenvalue weighted by Gasteiger charge is 2.08. The van der Waals surface area contributed by atoms with Crippen LogP contribution in [0, 0.1) is 5.82 Å². The minimum Gasteiger partial charge on any atom is -0.495 e. The van der Waals surface area contributed by atoms with Crippen LogP contribution in [0.3, 0.4) is 0 Å². The Balaban J connectivity index is 2.11. The SMILES string of the molecule is COc1cncc(C(N)Cc2ccc(F)cc2)c1. The maximum absolute atomic E-state index is 12.8. The largest absolute Gasteiger partial charge is 0.495 e. The van der Waals surface area contributed by atoms with Crippen LogP contribution in [0.25, 0.3) is 0 Å². The summed E-state index contributed by atoms with van der Waals surface area (Å²) >= 11 is 0. The van der Waals surface area contributed by atoms with Gasteiger partial charge in [-0.1, -0.05) is 12.1 Å². The predicted octanol–water partition coefficient (Wildman–Crippen LogP) is 2.47. The summed E-state index contributed by atoms with van der Waals surface area (Å²) < 4.78 is 17.9. The Bertz CT molecular complexity index is 513. The smallest absolute Gasteiger partial charge is 0.137 e. The second-order valence-electron chi connectivity index (χ2n) is 4.10. The normalized spacial score (nSPS) is 12.2. The molecule has 0 amide bonds. The summed E-state index contributed by atoms with van der Waals surface area (Å²) in [6, 6.07) is 8.03. The van der Waals surface area contributed by atoms with E-state index >= 15 is 0 Å². The summed E-state index contributed by atoms with van der Waals surface area (Å²) in [5, 5.41) is 0. The predicted molar refractivity (Wildman–Crippen MR) is 67.8 cm³/mol. The van der Waals surface area contributed by atoms with Crippen LogP contribution in [0.4, 0.5) is 4.39 Å². The fourth-order valence-electron chi connectivity index (χ4n) is 1.74. The molecule has 4 heteroatoms. The lowest BCUT2D eigenvalue weighted by atomic mass is 10.0. The number of pyridine rings is 1. The summed E-state index contributed by atoms with van der Waals surface area (Å²) in [6.07, 6.45) is 3.99. The molecule has 0 aliphatic carbocycles. The van der Waals surface area contributed by atoms with Gasteiger partial charge in [-0.3, -0.25) is 4.98 Å². The van der Waals surface area contributed by atoms with Crippen LogP contribution in [0.5, 0.6) is 5.75 Å². The Morgan fingerprint density at radius 1 is 1.28 bits per heavy atom. The van der Waals surface area contributed by atoms with Crippen LogP contribution < -0.4 is 10.5 Å². The first-order valence-electron chi connectivity index (χ1n) is 5.68.